The first-order valence-electron chi connectivity index (χ1n) is 4.19. The van der Waals surface area contributed by atoms with Crippen LogP contribution in [0.5, 0.6) is 0 Å². The highest BCUT2D eigenvalue weighted by Gasteiger charge is 2.22. The summed E-state index contributed by atoms with van der Waals surface area (Å²) in [7, 11) is 0. The van der Waals surface area contributed by atoms with E-state index >= 15 is 0 Å². The van der Waals surface area contributed by atoms with Crippen molar-refractivity contribution in [2.24, 2.45) is 5.73 Å². The summed E-state index contributed by atoms with van der Waals surface area (Å²) in [6, 6.07) is 0. The van der Waals surface area contributed by atoms with Crippen molar-refractivity contribution < 1.29 is 9.53 Å². The topological polar surface area (TPSA) is 55.6 Å². The average Bonchev–Trinajstić information content (AvgIpc) is 1.95. The zero-order chi connectivity index (χ0) is 11.4. The van der Waals surface area contributed by atoms with Crippen molar-refractivity contribution in [1.82, 2.24) is 4.90 Å². The van der Waals surface area contributed by atoms with Crippen LogP contribution in [0.25, 0.3) is 0 Å². The number of carbonyl (C=O) groups excluding carboxylic acids is 1. The maximum absolute atomic E-state index is 11.5. The number of nitrogens with two attached hydrogens (primary N) is 1. The normalized spacial score (nSPS) is 10.5. The van der Waals surface area contributed by atoms with E-state index in [-0.39, 0.29) is 11.7 Å². The van der Waals surface area contributed by atoms with E-state index in [1.54, 1.807) is 20.8 Å². The third-order valence-electron chi connectivity index (χ3n) is 1.19. The molecule has 0 aliphatic carbocycles. The van der Waals surface area contributed by atoms with Crippen LogP contribution in [-0.2, 0) is 4.74 Å². The van der Waals surface area contributed by atoms with Gasteiger partial charge in [0.2, 0.25) is 0 Å². The van der Waals surface area contributed by atoms with E-state index in [0.717, 1.165) is 4.90 Å². The standard InChI is InChI=1S/C9H16N2O2S/c1-5-6-11(7(10)14)8(12)13-9(2,3)4/h5H,1,6H2,2-4H3,(H2,10,14). The molecule has 0 atom stereocenters. The van der Waals surface area contributed by atoms with Gasteiger partial charge in [-0.3, -0.25) is 4.90 Å². The van der Waals surface area contributed by atoms with Gasteiger partial charge in [0.25, 0.3) is 0 Å². The summed E-state index contributed by atoms with van der Waals surface area (Å²) in [6.45, 7) is 9.07. The van der Waals surface area contributed by atoms with Crippen LogP contribution < -0.4 is 5.73 Å². The van der Waals surface area contributed by atoms with Gasteiger partial charge in [-0.25, -0.2) is 4.79 Å². The molecule has 0 unspecified atom stereocenters. The summed E-state index contributed by atoms with van der Waals surface area (Å²) < 4.78 is 5.09. The molecule has 0 rings (SSSR count). The van der Waals surface area contributed by atoms with Gasteiger partial charge < -0.3 is 10.5 Å². The van der Waals surface area contributed by atoms with Crippen LogP contribution in [-0.4, -0.2) is 28.3 Å². The van der Waals surface area contributed by atoms with Crippen molar-refractivity contribution in [2.75, 3.05) is 6.54 Å². The molecule has 0 aromatic rings. The second kappa shape index (κ2) is 4.95. The smallest absolute Gasteiger partial charge is 0.416 e. The lowest BCUT2D eigenvalue weighted by Crippen LogP contribution is -2.43. The predicted molar refractivity (Wildman–Crippen MR) is 59.9 cm³/mol. The Balaban J connectivity index is 4.45. The minimum absolute atomic E-state index is 0.0147. The fourth-order valence-electron chi connectivity index (χ4n) is 0.701. The fourth-order valence-corrected chi connectivity index (χ4v) is 0.850. The molecule has 5 heteroatoms. The highest BCUT2D eigenvalue weighted by molar-refractivity contribution is 7.80. The van der Waals surface area contributed by atoms with Crippen molar-refractivity contribution >= 4 is 23.4 Å². The molecule has 0 spiro atoms. The molecule has 2 N–H and O–H groups in total. The summed E-state index contributed by atoms with van der Waals surface area (Å²) >= 11 is 4.70. The predicted octanol–water partition coefficient (Wildman–Crippen LogP) is 1.65. The van der Waals surface area contributed by atoms with Crippen LogP contribution in [0.4, 0.5) is 4.79 Å². The van der Waals surface area contributed by atoms with E-state index in [9.17, 15) is 4.79 Å². The molecule has 80 valence electrons. The monoisotopic (exact) mass is 216 g/mol. The number of thiocarbonyl (C=S) groups is 1. The minimum atomic E-state index is -0.554. The third-order valence-corrected chi connectivity index (χ3v) is 1.41. The van der Waals surface area contributed by atoms with Crippen molar-refractivity contribution in [2.45, 2.75) is 26.4 Å². The zero-order valence-electron chi connectivity index (χ0n) is 8.74. The highest BCUT2D eigenvalue weighted by atomic mass is 32.1. The average molecular weight is 216 g/mol. The molecular weight excluding hydrogens is 200 g/mol. The first-order valence-corrected chi connectivity index (χ1v) is 4.59. The Hall–Kier alpha value is -1.10. The van der Waals surface area contributed by atoms with E-state index in [0.29, 0.717) is 0 Å². The molecule has 0 heterocycles. The van der Waals surface area contributed by atoms with Gasteiger partial charge in [0, 0.05) is 6.54 Å². The molecule has 0 aliphatic heterocycles. The summed E-state index contributed by atoms with van der Waals surface area (Å²) in [5.74, 6) is 0. The lowest BCUT2D eigenvalue weighted by molar-refractivity contribution is 0.0386. The molecule has 0 aliphatic rings. The van der Waals surface area contributed by atoms with Crippen LogP contribution in [0.1, 0.15) is 20.8 Å². The molecule has 0 saturated carbocycles. The Morgan fingerprint density at radius 1 is 1.64 bits per heavy atom. The van der Waals surface area contributed by atoms with E-state index in [4.69, 9.17) is 22.7 Å². The second-order valence-corrected chi connectivity index (χ2v) is 4.14. The van der Waals surface area contributed by atoms with Gasteiger partial charge in [-0.15, -0.1) is 6.58 Å². The van der Waals surface area contributed by atoms with Crippen molar-refractivity contribution in [3.8, 4) is 0 Å². The number of hydrogen-bond acceptors (Lipinski definition) is 3. The Morgan fingerprint density at radius 2 is 2.14 bits per heavy atom. The van der Waals surface area contributed by atoms with Gasteiger partial charge in [0.15, 0.2) is 5.11 Å². The largest absolute Gasteiger partial charge is 0.443 e. The van der Waals surface area contributed by atoms with Gasteiger partial charge >= 0.3 is 6.09 Å². The van der Waals surface area contributed by atoms with Crippen LogP contribution >= 0.6 is 12.2 Å². The minimum Gasteiger partial charge on any atom is -0.443 e. The molecular formula is C9H16N2O2S. The van der Waals surface area contributed by atoms with Gasteiger partial charge in [0.05, 0.1) is 0 Å². The van der Waals surface area contributed by atoms with Crippen LogP contribution in [0, 0.1) is 0 Å². The number of carbonyl (C=O) groups is 1. The Kier molecular flexibility index (Phi) is 4.56. The maximum atomic E-state index is 11.5. The molecule has 0 radical (unpaired) electrons. The summed E-state index contributed by atoms with van der Waals surface area (Å²) in [4.78, 5) is 12.6. The molecule has 0 bridgehead atoms. The van der Waals surface area contributed by atoms with E-state index < -0.39 is 11.7 Å². The Morgan fingerprint density at radius 3 is 2.43 bits per heavy atom. The third kappa shape index (κ3) is 4.81. The molecule has 0 aromatic heterocycles. The molecule has 4 nitrogen and oxygen atoms in total. The number of rotatable bonds is 2. The highest BCUT2D eigenvalue weighted by Crippen LogP contribution is 2.09. The van der Waals surface area contributed by atoms with E-state index in [1.165, 1.54) is 6.08 Å². The molecule has 14 heavy (non-hydrogen) atoms. The van der Waals surface area contributed by atoms with Crippen LogP contribution in [0.2, 0.25) is 0 Å². The SMILES string of the molecule is C=CCN(C(=O)OC(C)(C)C)C(N)=S. The molecule has 0 aromatic carbocycles. The fraction of sp³-hybridized carbons (Fsp3) is 0.556. The number of nitrogens with zero attached hydrogens (tertiary/aromatic N) is 1. The zero-order valence-corrected chi connectivity index (χ0v) is 9.56. The summed E-state index contributed by atoms with van der Waals surface area (Å²) in [5.41, 5.74) is 4.80. The Bertz CT molecular complexity index is 246. The van der Waals surface area contributed by atoms with E-state index in [2.05, 4.69) is 6.58 Å². The van der Waals surface area contributed by atoms with Crippen molar-refractivity contribution in [1.29, 1.82) is 0 Å². The Labute approximate surface area is 89.7 Å². The number of ether oxygens (including phenoxy) is 1. The lowest BCUT2D eigenvalue weighted by Gasteiger charge is -2.25. The maximum Gasteiger partial charge on any atom is 0.416 e. The van der Waals surface area contributed by atoms with Gasteiger partial charge in [-0.1, -0.05) is 6.08 Å². The van der Waals surface area contributed by atoms with Gasteiger partial charge in [0.1, 0.15) is 5.60 Å². The first kappa shape index (κ1) is 12.9. The summed E-state index contributed by atoms with van der Waals surface area (Å²) in [6.07, 6.45) is 0.980. The van der Waals surface area contributed by atoms with Crippen LogP contribution in [0.15, 0.2) is 12.7 Å². The first-order chi connectivity index (χ1) is 6.28. The lowest BCUT2D eigenvalue weighted by atomic mass is 10.2. The summed E-state index contributed by atoms with van der Waals surface area (Å²) in [5, 5.41) is -0.0147. The number of hydrogen-bond donors (Lipinski definition) is 1. The molecule has 1 amide bonds. The van der Waals surface area contributed by atoms with Gasteiger partial charge in [-0.05, 0) is 33.0 Å². The molecule has 0 saturated heterocycles. The van der Waals surface area contributed by atoms with Crippen LogP contribution in [0.3, 0.4) is 0 Å². The molecule has 0 fully saturated rings. The van der Waals surface area contributed by atoms with Crippen molar-refractivity contribution in [3.63, 3.8) is 0 Å². The van der Waals surface area contributed by atoms with Crippen molar-refractivity contribution in [3.05, 3.63) is 12.7 Å². The second-order valence-electron chi connectivity index (χ2n) is 3.72. The number of amides is 1. The van der Waals surface area contributed by atoms with E-state index in [1.807, 2.05) is 0 Å². The quantitative estimate of drug-likeness (QED) is 0.563. The van der Waals surface area contributed by atoms with Gasteiger partial charge in [-0.2, -0.15) is 0 Å².